The van der Waals surface area contributed by atoms with Crippen LogP contribution in [-0.2, 0) is 6.42 Å². The normalized spacial score (nSPS) is 30.7. The van der Waals surface area contributed by atoms with Crippen LogP contribution in [0.4, 0.5) is 4.39 Å². The Kier molecular flexibility index (Phi) is 5.00. The average Bonchev–Trinajstić information content (AvgIpc) is 2.49. The zero-order chi connectivity index (χ0) is 14.8. The van der Waals surface area contributed by atoms with Gasteiger partial charge in [-0.05, 0) is 61.1 Å². The average molecular weight is 354 g/mol. The summed E-state index contributed by atoms with van der Waals surface area (Å²) in [5.74, 6) is 2.28. The Hall–Kier alpha value is -0.410. The van der Waals surface area contributed by atoms with Gasteiger partial charge in [0.25, 0.3) is 0 Å². The summed E-state index contributed by atoms with van der Waals surface area (Å²) in [6, 6.07) is 5.41. The Morgan fingerprint density at radius 1 is 1.14 bits per heavy atom. The van der Waals surface area contributed by atoms with Gasteiger partial charge in [-0.15, -0.1) is 0 Å². The smallest absolute Gasteiger partial charge is 0.127 e. The summed E-state index contributed by atoms with van der Waals surface area (Å²) in [5.41, 5.74) is 7.19. The van der Waals surface area contributed by atoms with E-state index in [9.17, 15) is 4.39 Å². The Morgan fingerprint density at radius 3 is 2.67 bits per heavy atom. The minimum absolute atomic E-state index is 0.101. The second kappa shape index (κ2) is 6.78. The van der Waals surface area contributed by atoms with Crippen molar-refractivity contribution in [1.29, 1.82) is 0 Å². The van der Waals surface area contributed by atoms with Crippen LogP contribution in [0.1, 0.15) is 50.5 Å². The molecule has 2 aliphatic rings. The van der Waals surface area contributed by atoms with Crippen LogP contribution in [0.15, 0.2) is 22.7 Å². The van der Waals surface area contributed by atoms with Crippen molar-refractivity contribution >= 4 is 15.9 Å². The monoisotopic (exact) mass is 353 g/mol. The highest BCUT2D eigenvalue weighted by Crippen LogP contribution is 2.43. The summed E-state index contributed by atoms with van der Waals surface area (Å²) < 4.78 is 14.8. The Labute approximate surface area is 135 Å². The standard InChI is InChI=1S/C18H25BrFN/c19-16-8-7-14(17(20)11-16)10-18(21)15-6-5-12-3-1-2-4-13(12)9-15/h7-8,11-13,15,18H,1-6,9-10,21H2. The third kappa shape index (κ3) is 3.68. The molecule has 3 rings (SSSR count). The van der Waals surface area contributed by atoms with Crippen molar-refractivity contribution < 1.29 is 4.39 Å². The van der Waals surface area contributed by atoms with Crippen LogP contribution in [0.5, 0.6) is 0 Å². The fourth-order valence-electron chi connectivity index (χ4n) is 4.41. The molecular formula is C18H25BrFN. The summed E-state index contributed by atoms with van der Waals surface area (Å²) in [7, 11) is 0. The van der Waals surface area contributed by atoms with Crippen molar-refractivity contribution in [3.05, 3.63) is 34.1 Å². The molecule has 0 spiro atoms. The lowest BCUT2D eigenvalue weighted by molar-refractivity contribution is 0.117. The molecule has 4 unspecified atom stereocenters. The maximum absolute atomic E-state index is 14.0. The molecule has 1 nitrogen and oxygen atoms in total. The van der Waals surface area contributed by atoms with Gasteiger partial charge in [0.1, 0.15) is 5.82 Å². The fraction of sp³-hybridized carbons (Fsp3) is 0.667. The predicted octanol–water partition coefficient (Wildman–Crippen LogP) is 5.06. The summed E-state index contributed by atoms with van der Waals surface area (Å²) in [6.07, 6.45) is 10.1. The largest absolute Gasteiger partial charge is 0.327 e. The molecule has 1 aromatic carbocycles. The zero-order valence-electron chi connectivity index (χ0n) is 12.5. The van der Waals surface area contributed by atoms with E-state index in [4.69, 9.17) is 5.73 Å². The maximum atomic E-state index is 14.0. The molecule has 0 aromatic heterocycles. The Morgan fingerprint density at radius 2 is 1.90 bits per heavy atom. The second-order valence-electron chi connectivity index (χ2n) is 6.98. The molecule has 2 saturated carbocycles. The van der Waals surface area contributed by atoms with Gasteiger partial charge in [-0.3, -0.25) is 0 Å². The van der Waals surface area contributed by atoms with E-state index < -0.39 is 0 Å². The number of rotatable bonds is 3. The lowest BCUT2D eigenvalue weighted by Gasteiger charge is -2.41. The first-order valence-corrected chi connectivity index (χ1v) is 9.12. The van der Waals surface area contributed by atoms with Crippen LogP contribution in [0, 0.1) is 23.6 Å². The number of fused-ring (bicyclic) bond motifs is 1. The van der Waals surface area contributed by atoms with Crippen molar-refractivity contribution in [2.24, 2.45) is 23.5 Å². The molecule has 0 bridgehead atoms. The van der Waals surface area contributed by atoms with Crippen LogP contribution in [0.25, 0.3) is 0 Å². The highest BCUT2D eigenvalue weighted by atomic mass is 79.9. The molecule has 116 valence electrons. The minimum Gasteiger partial charge on any atom is -0.327 e. The lowest BCUT2D eigenvalue weighted by atomic mass is 9.66. The van der Waals surface area contributed by atoms with Gasteiger partial charge in [0, 0.05) is 10.5 Å². The first-order chi connectivity index (χ1) is 10.1. The van der Waals surface area contributed by atoms with Gasteiger partial charge in [-0.2, -0.15) is 0 Å². The summed E-state index contributed by atoms with van der Waals surface area (Å²) in [4.78, 5) is 0. The zero-order valence-corrected chi connectivity index (χ0v) is 14.1. The Bertz CT molecular complexity index is 490. The van der Waals surface area contributed by atoms with Gasteiger partial charge < -0.3 is 5.73 Å². The van der Waals surface area contributed by atoms with Crippen molar-refractivity contribution in [2.75, 3.05) is 0 Å². The second-order valence-corrected chi connectivity index (χ2v) is 7.90. The summed E-state index contributed by atoms with van der Waals surface area (Å²) in [5, 5.41) is 0. The molecule has 2 fully saturated rings. The molecule has 1 aromatic rings. The minimum atomic E-state index is -0.133. The topological polar surface area (TPSA) is 26.0 Å². The molecule has 2 aliphatic carbocycles. The van der Waals surface area contributed by atoms with E-state index in [1.165, 1.54) is 44.9 Å². The van der Waals surface area contributed by atoms with Crippen LogP contribution < -0.4 is 5.73 Å². The van der Waals surface area contributed by atoms with Gasteiger partial charge in [-0.1, -0.05) is 47.7 Å². The van der Waals surface area contributed by atoms with E-state index in [1.807, 2.05) is 12.1 Å². The van der Waals surface area contributed by atoms with Gasteiger partial charge in [0.05, 0.1) is 0 Å². The Balaban J connectivity index is 1.61. The summed E-state index contributed by atoms with van der Waals surface area (Å²) in [6.45, 7) is 0. The third-order valence-electron chi connectivity index (χ3n) is 5.66. The van der Waals surface area contributed by atoms with Crippen LogP contribution in [0.3, 0.4) is 0 Å². The first-order valence-electron chi connectivity index (χ1n) is 8.33. The third-order valence-corrected chi connectivity index (χ3v) is 6.15. The number of halogens is 2. The number of hydrogen-bond acceptors (Lipinski definition) is 1. The highest BCUT2D eigenvalue weighted by Gasteiger charge is 2.34. The fourth-order valence-corrected chi connectivity index (χ4v) is 4.74. The van der Waals surface area contributed by atoms with Gasteiger partial charge in [-0.25, -0.2) is 4.39 Å². The molecule has 2 N–H and O–H groups in total. The van der Waals surface area contributed by atoms with E-state index in [-0.39, 0.29) is 11.9 Å². The summed E-state index contributed by atoms with van der Waals surface area (Å²) >= 11 is 3.31. The van der Waals surface area contributed by atoms with E-state index in [0.717, 1.165) is 21.9 Å². The molecular weight excluding hydrogens is 329 g/mol. The van der Waals surface area contributed by atoms with Crippen molar-refractivity contribution in [3.8, 4) is 0 Å². The van der Waals surface area contributed by atoms with Crippen molar-refractivity contribution in [2.45, 2.75) is 57.4 Å². The molecule has 0 amide bonds. The number of nitrogens with two attached hydrogens (primary N) is 1. The molecule has 0 radical (unpaired) electrons. The maximum Gasteiger partial charge on any atom is 0.127 e. The van der Waals surface area contributed by atoms with Gasteiger partial charge in [0.15, 0.2) is 0 Å². The molecule has 3 heteroatoms. The van der Waals surface area contributed by atoms with Gasteiger partial charge >= 0.3 is 0 Å². The molecule has 0 aliphatic heterocycles. The van der Waals surface area contributed by atoms with Crippen LogP contribution >= 0.6 is 15.9 Å². The van der Waals surface area contributed by atoms with Crippen LogP contribution in [-0.4, -0.2) is 6.04 Å². The first kappa shape index (κ1) is 15.5. The number of hydrogen-bond donors (Lipinski definition) is 1. The highest BCUT2D eigenvalue weighted by molar-refractivity contribution is 9.10. The van der Waals surface area contributed by atoms with E-state index >= 15 is 0 Å². The molecule has 0 heterocycles. The van der Waals surface area contributed by atoms with Crippen molar-refractivity contribution in [3.63, 3.8) is 0 Å². The van der Waals surface area contributed by atoms with E-state index in [2.05, 4.69) is 15.9 Å². The molecule has 0 saturated heterocycles. The van der Waals surface area contributed by atoms with Crippen LogP contribution in [0.2, 0.25) is 0 Å². The van der Waals surface area contributed by atoms with E-state index in [1.54, 1.807) is 6.07 Å². The SMILES string of the molecule is NC(Cc1ccc(Br)cc1F)C1CCC2CCCCC2C1. The molecule has 21 heavy (non-hydrogen) atoms. The van der Waals surface area contributed by atoms with E-state index in [0.29, 0.717) is 12.3 Å². The predicted molar refractivity (Wildman–Crippen MR) is 88.6 cm³/mol. The number of benzene rings is 1. The van der Waals surface area contributed by atoms with Crippen molar-refractivity contribution in [1.82, 2.24) is 0 Å². The lowest BCUT2D eigenvalue weighted by Crippen LogP contribution is -2.39. The quantitative estimate of drug-likeness (QED) is 0.806. The van der Waals surface area contributed by atoms with Gasteiger partial charge in [0.2, 0.25) is 0 Å². The molecule has 4 atom stereocenters.